The van der Waals surface area contributed by atoms with Gasteiger partial charge in [0.1, 0.15) is 23.8 Å². The molecule has 1 saturated heterocycles. The van der Waals surface area contributed by atoms with Gasteiger partial charge in [0.05, 0.1) is 17.9 Å². The summed E-state index contributed by atoms with van der Waals surface area (Å²) in [5.41, 5.74) is 6.27. The minimum Gasteiger partial charge on any atom is -0.488 e. The molecule has 2 aliphatic heterocycles. The molecule has 3 heterocycles. The van der Waals surface area contributed by atoms with Crippen LogP contribution in [0.4, 0.5) is 4.79 Å². The molecule has 3 atom stereocenters. The average Bonchev–Trinajstić information content (AvgIpc) is 3.47. The summed E-state index contributed by atoms with van der Waals surface area (Å²) in [5, 5.41) is 0. The van der Waals surface area contributed by atoms with Crippen molar-refractivity contribution >= 4 is 6.09 Å². The number of aromatic nitrogens is 2. The number of nitrogens with one attached hydrogen (secondary N) is 1. The first kappa shape index (κ1) is 23.1. The molecule has 0 unspecified atom stereocenters. The number of likely N-dealkylation sites (tertiary alicyclic amines) is 1. The van der Waals surface area contributed by atoms with Crippen molar-refractivity contribution < 1.29 is 14.3 Å². The largest absolute Gasteiger partial charge is 0.488 e. The molecule has 2 fully saturated rings. The Morgan fingerprint density at radius 2 is 1.92 bits per heavy atom. The molecule has 1 saturated carbocycles. The van der Waals surface area contributed by atoms with Crippen molar-refractivity contribution in [2.24, 2.45) is 5.92 Å². The number of nitrogens with zero attached hydrogens (tertiary/aromatic N) is 2. The predicted octanol–water partition coefficient (Wildman–Crippen LogP) is 7.19. The van der Waals surface area contributed by atoms with Gasteiger partial charge in [-0.05, 0) is 76.1 Å². The van der Waals surface area contributed by atoms with E-state index in [0.717, 1.165) is 54.1 Å². The van der Waals surface area contributed by atoms with Gasteiger partial charge in [0.2, 0.25) is 0 Å². The number of benzene rings is 2. The van der Waals surface area contributed by atoms with E-state index in [1.54, 1.807) is 0 Å². The lowest BCUT2D eigenvalue weighted by Gasteiger charge is -2.34. The predicted molar refractivity (Wildman–Crippen MR) is 140 cm³/mol. The van der Waals surface area contributed by atoms with Gasteiger partial charge >= 0.3 is 6.09 Å². The summed E-state index contributed by atoms with van der Waals surface area (Å²) in [6, 6.07) is 13.0. The highest BCUT2D eigenvalue weighted by molar-refractivity contribution is 5.79. The Hall–Kier alpha value is -3.28. The zero-order valence-electron chi connectivity index (χ0n) is 21.6. The van der Waals surface area contributed by atoms with Crippen molar-refractivity contribution in [3.8, 4) is 28.1 Å². The molecule has 6 heteroatoms. The molecule has 0 radical (unpaired) electrons. The Bertz CT molecular complexity index is 1310. The maximum atomic E-state index is 13.3. The molecule has 188 valence electrons. The maximum Gasteiger partial charge on any atom is 0.411 e. The Balaban J connectivity index is 1.29. The molecule has 0 bridgehead atoms. The van der Waals surface area contributed by atoms with E-state index in [1.165, 1.54) is 23.1 Å². The minimum absolute atomic E-state index is 0.0920. The second-order valence-corrected chi connectivity index (χ2v) is 11.6. The highest BCUT2D eigenvalue weighted by atomic mass is 16.6. The van der Waals surface area contributed by atoms with Gasteiger partial charge in [0, 0.05) is 17.2 Å². The Morgan fingerprint density at radius 1 is 1.11 bits per heavy atom. The number of carbonyl (C=O) groups excluding carboxylic acids is 1. The van der Waals surface area contributed by atoms with Crippen LogP contribution in [-0.2, 0) is 11.3 Å². The molecule has 1 aromatic heterocycles. The zero-order valence-corrected chi connectivity index (χ0v) is 21.6. The third-order valence-corrected chi connectivity index (χ3v) is 7.83. The molecular formula is C30H35N3O3. The van der Waals surface area contributed by atoms with Gasteiger partial charge in [-0.25, -0.2) is 9.78 Å². The number of ether oxygens (including phenoxy) is 2. The van der Waals surface area contributed by atoms with E-state index in [1.807, 2.05) is 31.9 Å². The smallest absolute Gasteiger partial charge is 0.411 e. The minimum atomic E-state index is -0.525. The topological polar surface area (TPSA) is 67.4 Å². The quantitative estimate of drug-likeness (QED) is 0.417. The van der Waals surface area contributed by atoms with Gasteiger partial charge in [-0.15, -0.1) is 0 Å². The molecule has 1 N–H and O–H groups in total. The first-order valence-corrected chi connectivity index (χ1v) is 13.2. The van der Waals surface area contributed by atoms with Crippen LogP contribution in [0, 0.1) is 12.8 Å². The van der Waals surface area contributed by atoms with E-state index in [4.69, 9.17) is 14.5 Å². The zero-order chi connectivity index (χ0) is 25.0. The second-order valence-electron chi connectivity index (χ2n) is 11.6. The van der Waals surface area contributed by atoms with Crippen molar-refractivity contribution in [1.82, 2.24) is 14.9 Å². The number of H-pyrrole nitrogens is 1. The Labute approximate surface area is 213 Å². The molecule has 3 aliphatic rings. The first-order valence-electron chi connectivity index (χ1n) is 13.2. The Kier molecular flexibility index (Phi) is 5.58. The number of carbonyl (C=O) groups is 1. The van der Waals surface area contributed by atoms with Crippen LogP contribution in [0.2, 0.25) is 0 Å². The summed E-state index contributed by atoms with van der Waals surface area (Å²) in [6.45, 7) is 8.47. The highest BCUT2D eigenvalue weighted by Gasteiger charge is 2.47. The number of fused-ring (bicyclic) bond motifs is 4. The van der Waals surface area contributed by atoms with E-state index in [0.29, 0.717) is 12.5 Å². The van der Waals surface area contributed by atoms with E-state index < -0.39 is 5.60 Å². The molecule has 36 heavy (non-hydrogen) atoms. The van der Waals surface area contributed by atoms with Gasteiger partial charge in [0.15, 0.2) is 0 Å². The standard InChI is InChI=1S/C30H35N3O3/c1-18-9-11-22-21(13-18)17-35-27-15-19(10-12-23(22)27)24-16-31-28(32-24)26-14-20-7-5-6-8-25(20)33(26)29(34)36-30(2,3)4/h9-13,15-16,20,25-26H,5-8,14,17H2,1-4H3,(H,31,32)/t20-,25-,26-/m0/s1. The third kappa shape index (κ3) is 4.16. The summed E-state index contributed by atoms with van der Waals surface area (Å²) < 4.78 is 12.0. The summed E-state index contributed by atoms with van der Waals surface area (Å²) in [5.74, 6) is 2.23. The van der Waals surface area contributed by atoms with Crippen LogP contribution in [0.3, 0.4) is 0 Å². The molecule has 2 aromatic carbocycles. The molecule has 1 aliphatic carbocycles. The summed E-state index contributed by atoms with van der Waals surface area (Å²) >= 11 is 0. The van der Waals surface area contributed by atoms with Crippen LogP contribution in [0.15, 0.2) is 42.6 Å². The number of hydrogen-bond acceptors (Lipinski definition) is 4. The van der Waals surface area contributed by atoms with E-state index in [-0.39, 0.29) is 18.2 Å². The highest BCUT2D eigenvalue weighted by Crippen LogP contribution is 2.47. The molecule has 6 nitrogen and oxygen atoms in total. The molecule has 6 rings (SSSR count). The van der Waals surface area contributed by atoms with Crippen molar-refractivity contribution in [3.05, 3.63) is 59.5 Å². The van der Waals surface area contributed by atoms with Gasteiger partial charge in [-0.2, -0.15) is 0 Å². The summed E-state index contributed by atoms with van der Waals surface area (Å²) in [7, 11) is 0. The number of amides is 1. The van der Waals surface area contributed by atoms with Gasteiger partial charge in [0.25, 0.3) is 0 Å². The molecular weight excluding hydrogens is 450 g/mol. The third-order valence-electron chi connectivity index (χ3n) is 7.83. The maximum absolute atomic E-state index is 13.3. The van der Waals surface area contributed by atoms with Crippen molar-refractivity contribution in [3.63, 3.8) is 0 Å². The van der Waals surface area contributed by atoms with Crippen LogP contribution in [0.5, 0.6) is 5.75 Å². The lowest BCUT2D eigenvalue weighted by Crippen LogP contribution is -2.43. The fraction of sp³-hybridized carbons (Fsp3) is 0.467. The SMILES string of the molecule is Cc1ccc2c(c1)COc1cc(-c3cnc([C@@H]4C[C@@H]5CCCC[C@@H]5N4C(=O)OC(C)(C)C)[nH]3)ccc1-2. The van der Waals surface area contributed by atoms with E-state index in [9.17, 15) is 4.79 Å². The number of aryl methyl sites for hydroxylation is 1. The Morgan fingerprint density at radius 3 is 2.75 bits per heavy atom. The van der Waals surface area contributed by atoms with Gasteiger partial charge in [-0.3, -0.25) is 4.90 Å². The van der Waals surface area contributed by atoms with Crippen molar-refractivity contribution in [2.75, 3.05) is 0 Å². The lowest BCUT2D eigenvalue weighted by molar-refractivity contribution is 0.00951. The molecule has 0 spiro atoms. The second kappa shape index (κ2) is 8.68. The lowest BCUT2D eigenvalue weighted by atomic mass is 9.85. The molecule has 3 aromatic rings. The average molecular weight is 486 g/mol. The van der Waals surface area contributed by atoms with Crippen molar-refractivity contribution in [2.45, 2.75) is 84.1 Å². The van der Waals surface area contributed by atoms with Crippen LogP contribution in [-0.4, -0.2) is 32.6 Å². The number of hydrogen-bond donors (Lipinski definition) is 1. The summed E-state index contributed by atoms with van der Waals surface area (Å²) in [4.78, 5) is 23.6. The van der Waals surface area contributed by atoms with Crippen molar-refractivity contribution in [1.29, 1.82) is 0 Å². The van der Waals surface area contributed by atoms with Crippen LogP contribution in [0.25, 0.3) is 22.4 Å². The summed E-state index contributed by atoms with van der Waals surface area (Å²) in [6.07, 6.45) is 7.18. The van der Waals surface area contributed by atoms with Gasteiger partial charge < -0.3 is 14.5 Å². The van der Waals surface area contributed by atoms with E-state index in [2.05, 4.69) is 48.3 Å². The number of rotatable bonds is 2. The fourth-order valence-corrected chi connectivity index (χ4v) is 6.23. The molecule has 1 amide bonds. The number of aromatic amines is 1. The van der Waals surface area contributed by atoms with Gasteiger partial charge in [-0.1, -0.05) is 42.7 Å². The van der Waals surface area contributed by atoms with E-state index >= 15 is 0 Å². The van der Waals surface area contributed by atoms with Crippen LogP contribution < -0.4 is 4.74 Å². The van der Waals surface area contributed by atoms with Crippen LogP contribution >= 0.6 is 0 Å². The normalized spacial score (nSPS) is 22.9. The first-order chi connectivity index (χ1) is 17.3. The number of imidazole rings is 1. The fourth-order valence-electron chi connectivity index (χ4n) is 6.23. The monoisotopic (exact) mass is 485 g/mol. The van der Waals surface area contributed by atoms with Crippen LogP contribution in [0.1, 0.15) is 75.9 Å².